The highest BCUT2D eigenvalue weighted by Crippen LogP contribution is 2.32. The summed E-state index contributed by atoms with van der Waals surface area (Å²) in [6.45, 7) is 5.17. The molecule has 2 aromatic rings. The minimum absolute atomic E-state index is 0.203. The molecule has 1 aromatic carbocycles. The highest BCUT2D eigenvalue weighted by molar-refractivity contribution is 5.98. The predicted molar refractivity (Wildman–Crippen MR) is 88.1 cm³/mol. The van der Waals surface area contributed by atoms with E-state index < -0.39 is 12.1 Å². The summed E-state index contributed by atoms with van der Waals surface area (Å²) in [5, 5.41) is 12.2. The molecule has 1 aliphatic heterocycles. The van der Waals surface area contributed by atoms with Crippen molar-refractivity contribution >= 4 is 29.1 Å². The number of aryl methyl sites for hydroxylation is 1. The Kier molecular flexibility index (Phi) is 4.11. The number of carbonyl (C=O) groups is 2. The molecule has 1 aromatic heterocycles. The smallest absolute Gasteiger partial charge is 0.265 e. The van der Waals surface area contributed by atoms with Crippen molar-refractivity contribution in [3.63, 3.8) is 0 Å². The lowest BCUT2D eigenvalue weighted by Gasteiger charge is -2.24. The summed E-state index contributed by atoms with van der Waals surface area (Å²) in [5.74, 6) is 0.428. The summed E-state index contributed by atoms with van der Waals surface area (Å²) >= 11 is 0. The average Bonchev–Trinajstić information content (AvgIpc) is 2.93. The van der Waals surface area contributed by atoms with Crippen molar-refractivity contribution < 1.29 is 18.8 Å². The van der Waals surface area contributed by atoms with Crippen molar-refractivity contribution in [3.8, 4) is 5.75 Å². The van der Waals surface area contributed by atoms with Gasteiger partial charge in [-0.25, -0.2) is 0 Å². The van der Waals surface area contributed by atoms with Gasteiger partial charge in [0.1, 0.15) is 11.8 Å². The number of aromatic nitrogens is 1. The molecule has 2 atom stereocenters. The summed E-state index contributed by atoms with van der Waals surface area (Å²) < 4.78 is 10.5. The van der Waals surface area contributed by atoms with Crippen LogP contribution in [0, 0.1) is 6.92 Å². The van der Waals surface area contributed by atoms with E-state index in [1.54, 1.807) is 45.0 Å². The van der Waals surface area contributed by atoms with Gasteiger partial charge in [0.2, 0.25) is 11.8 Å². The second-order valence-electron chi connectivity index (χ2n) is 5.65. The molecule has 3 rings (SSSR count). The van der Waals surface area contributed by atoms with Crippen molar-refractivity contribution in [1.82, 2.24) is 5.16 Å². The maximum absolute atomic E-state index is 12.2. The molecule has 3 N–H and O–H groups in total. The molecule has 8 nitrogen and oxygen atoms in total. The zero-order valence-corrected chi connectivity index (χ0v) is 13.5. The van der Waals surface area contributed by atoms with Gasteiger partial charge in [0.25, 0.3) is 5.91 Å². The van der Waals surface area contributed by atoms with Crippen LogP contribution in [-0.4, -0.2) is 29.1 Å². The van der Waals surface area contributed by atoms with Crippen molar-refractivity contribution in [2.45, 2.75) is 32.9 Å². The number of ether oxygens (including phenoxy) is 1. The van der Waals surface area contributed by atoms with Crippen LogP contribution in [0.5, 0.6) is 5.75 Å². The van der Waals surface area contributed by atoms with E-state index in [2.05, 4.69) is 21.1 Å². The Bertz CT molecular complexity index is 786. The molecule has 126 valence electrons. The van der Waals surface area contributed by atoms with E-state index >= 15 is 0 Å². The zero-order valence-electron chi connectivity index (χ0n) is 13.5. The Labute approximate surface area is 138 Å². The van der Waals surface area contributed by atoms with Crippen LogP contribution in [0.4, 0.5) is 17.3 Å². The highest BCUT2D eigenvalue weighted by atomic mass is 16.5. The minimum atomic E-state index is -0.522. The second kappa shape index (κ2) is 6.23. The van der Waals surface area contributed by atoms with Crippen LogP contribution in [0.15, 0.2) is 28.8 Å². The number of nitrogens with zero attached hydrogens (tertiary/aromatic N) is 1. The number of carbonyl (C=O) groups excluding carboxylic acids is 2. The molecule has 0 fully saturated rings. The van der Waals surface area contributed by atoms with Crippen molar-refractivity contribution in [2.75, 3.05) is 16.0 Å². The lowest BCUT2D eigenvalue weighted by molar-refractivity contribution is -0.122. The third kappa shape index (κ3) is 3.32. The third-order valence-electron chi connectivity index (χ3n) is 3.56. The Balaban J connectivity index is 1.66. The van der Waals surface area contributed by atoms with E-state index in [1.165, 1.54) is 0 Å². The monoisotopic (exact) mass is 330 g/mol. The van der Waals surface area contributed by atoms with Crippen LogP contribution >= 0.6 is 0 Å². The summed E-state index contributed by atoms with van der Waals surface area (Å²) in [7, 11) is 0. The van der Waals surface area contributed by atoms with Crippen LogP contribution in [0.3, 0.4) is 0 Å². The van der Waals surface area contributed by atoms with E-state index in [-0.39, 0.29) is 11.8 Å². The van der Waals surface area contributed by atoms with Gasteiger partial charge in [0.15, 0.2) is 6.10 Å². The molecular formula is C16H18N4O4. The lowest BCUT2D eigenvalue weighted by Crippen LogP contribution is -2.34. The number of benzene rings is 1. The Hall–Kier alpha value is -3.03. The van der Waals surface area contributed by atoms with E-state index in [9.17, 15) is 9.59 Å². The summed E-state index contributed by atoms with van der Waals surface area (Å²) in [4.78, 5) is 23.8. The average molecular weight is 330 g/mol. The topological polar surface area (TPSA) is 105 Å². The van der Waals surface area contributed by atoms with Gasteiger partial charge in [-0.3, -0.25) is 14.9 Å². The number of fused-ring (bicyclic) bond motifs is 1. The molecular weight excluding hydrogens is 312 g/mol. The first-order valence-corrected chi connectivity index (χ1v) is 7.54. The maximum atomic E-state index is 12.2. The molecule has 1 aliphatic rings. The van der Waals surface area contributed by atoms with Gasteiger partial charge in [0, 0.05) is 11.8 Å². The zero-order chi connectivity index (χ0) is 17.3. The minimum Gasteiger partial charge on any atom is -0.479 e. The molecule has 24 heavy (non-hydrogen) atoms. The van der Waals surface area contributed by atoms with Crippen molar-refractivity contribution in [2.24, 2.45) is 0 Å². The molecule has 0 saturated heterocycles. The number of hydrogen-bond donors (Lipinski definition) is 3. The van der Waals surface area contributed by atoms with E-state index in [0.29, 0.717) is 28.7 Å². The summed E-state index contributed by atoms with van der Waals surface area (Å²) in [6.07, 6.45) is -0.522. The first-order chi connectivity index (χ1) is 11.4. The maximum Gasteiger partial charge on any atom is 0.265 e. The molecule has 0 unspecified atom stereocenters. The van der Waals surface area contributed by atoms with Crippen LogP contribution < -0.4 is 20.7 Å². The molecule has 8 heteroatoms. The number of nitrogens with one attached hydrogen (secondary N) is 3. The molecule has 0 aliphatic carbocycles. The van der Waals surface area contributed by atoms with E-state index in [1.807, 2.05) is 0 Å². The Morgan fingerprint density at radius 1 is 1.38 bits per heavy atom. The second-order valence-corrected chi connectivity index (χ2v) is 5.65. The van der Waals surface area contributed by atoms with Gasteiger partial charge in [-0.2, -0.15) is 0 Å². The van der Waals surface area contributed by atoms with Crippen LogP contribution in [0.1, 0.15) is 19.5 Å². The van der Waals surface area contributed by atoms with E-state index in [0.717, 1.165) is 0 Å². The normalized spacial score (nSPS) is 17.3. The van der Waals surface area contributed by atoms with Gasteiger partial charge in [-0.05, 0) is 39.0 Å². The van der Waals surface area contributed by atoms with Crippen LogP contribution in [-0.2, 0) is 9.59 Å². The Morgan fingerprint density at radius 3 is 2.88 bits per heavy atom. The number of hydrogen-bond acceptors (Lipinski definition) is 6. The fourth-order valence-corrected chi connectivity index (χ4v) is 2.27. The summed E-state index contributed by atoms with van der Waals surface area (Å²) in [5.41, 5.74) is 1.94. The predicted octanol–water partition coefficient (Wildman–Crippen LogP) is 2.14. The lowest BCUT2D eigenvalue weighted by atomic mass is 10.2. The third-order valence-corrected chi connectivity index (χ3v) is 3.56. The number of anilines is 3. The first kappa shape index (κ1) is 15.9. The molecule has 2 heterocycles. The summed E-state index contributed by atoms with van der Waals surface area (Å²) in [6, 6.07) is 6.37. The molecule has 0 spiro atoms. The van der Waals surface area contributed by atoms with Gasteiger partial charge in [-0.15, -0.1) is 0 Å². The quantitative estimate of drug-likeness (QED) is 0.793. The standard InChI is InChI=1S/C16H18N4O4/c1-8-6-14(24-20-8)19-15(21)9(2)17-11-4-5-13-12(7-11)18-16(22)10(3)23-13/h4-7,9-10,17H,1-3H3,(H,18,22)(H,19,21)/t9-,10-/m1/s1. The fraction of sp³-hybridized carbons (Fsp3) is 0.312. The number of amides is 2. The molecule has 0 saturated carbocycles. The van der Waals surface area contributed by atoms with Gasteiger partial charge in [0.05, 0.1) is 11.4 Å². The number of rotatable bonds is 4. The fourth-order valence-electron chi connectivity index (χ4n) is 2.27. The van der Waals surface area contributed by atoms with Gasteiger partial charge < -0.3 is 19.9 Å². The van der Waals surface area contributed by atoms with Crippen molar-refractivity contribution in [3.05, 3.63) is 30.0 Å². The largest absolute Gasteiger partial charge is 0.479 e. The van der Waals surface area contributed by atoms with Gasteiger partial charge in [-0.1, -0.05) is 5.16 Å². The first-order valence-electron chi connectivity index (χ1n) is 7.54. The van der Waals surface area contributed by atoms with Crippen LogP contribution in [0.25, 0.3) is 0 Å². The highest BCUT2D eigenvalue weighted by Gasteiger charge is 2.24. The molecule has 0 radical (unpaired) electrons. The Morgan fingerprint density at radius 2 is 2.17 bits per heavy atom. The SMILES string of the molecule is Cc1cc(NC(=O)[C@@H](C)Nc2ccc3c(c2)NC(=O)[C@@H](C)O3)on1. The van der Waals surface area contributed by atoms with Crippen LogP contribution in [0.2, 0.25) is 0 Å². The van der Waals surface area contributed by atoms with Gasteiger partial charge >= 0.3 is 0 Å². The molecule has 0 bridgehead atoms. The van der Waals surface area contributed by atoms with E-state index in [4.69, 9.17) is 9.26 Å². The molecule has 2 amide bonds. The van der Waals surface area contributed by atoms with Crippen molar-refractivity contribution in [1.29, 1.82) is 0 Å².